The molecule has 0 spiro atoms. The van der Waals surface area contributed by atoms with E-state index in [1.165, 1.54) is 89.9 Å². The zero-order valence-electron chi connectivity index (χ0n) is 50.2. The Balaban J connectivity index is 0. The number of hydrogen-bond acceptors (Lipinski definition) is 0. The first kappa shape index (κ1) is 64.1. The van der Waals surface area contributed by atoms with Crippen LogP contribution in [-0.4, -0.2) is 0 Å². The molecular weight excluding hydrogens is 745 g/mol. The van der Waals surface area contributed by atoms with Crippen LogP contribution in [0.1, 0.15) is 311 Å². The van der Waals surface area contributed by atoms with E-state index in [-0.39, 0.29) is 0 Å². The molecule has 0 aliphatic heterocycles. The van der Waals surface area contributed by atoms with Crippen molar-refractivity contribution in [1.82, 2.24) is 0 Å². The van der Waals surface area contributed by atoms with Crippen LogP contribution in [0.4, 0.5) is 0 Å². The molecule has 3 aliphatic carbocycles. The second-order valence-corrected chi connectivity index (χ2v) is 30.6. The predicted octanol–water partition coefficient (Wildman–Crippen LogP) is 22.4. The van der Waals surface area contributed by atoms with E-state index in [2.05, 4.69) is 222 Å². The second kappa shape index (κ2) is 22.9. The summed E-state index contributed by atoms with van der Waals surface area (Å²) >= 11 is 0. The Bertz CT molecular complexity index is 1120. The van der Waals surface area contributed by atoms with Gasteiger partial charge in [0.25, 0.3) is 0 Å². The highest BCUT2D eigenvalue weighted by atomic mass is 14.6. The van der Waals surface area contributed by atoms with Gasteiger partial charge in [0.2, 0.25) is 0 Å². The van der Waals surface area contributed by atoms with E-state index in [1.807, 2.05) is 0 Å². The van der Waals surface area contributed by atoms with Gasteiger partial charge in [-0.05, 0) is 127 Å². The fraction of sp³-hybridized carbons (Fsp3) is 1.00. The normalized spacial score (nSPS) is 23.6. The molecule has 0 radical (unpaired) electrons. The van der Waals surface area contributed by atoms with Crippen LogP contribution in [-0.2, 0) is 0 Å². The molecule has 0 bridgehead atoms. The third kappa shape index (κ3) is 16.1. The third-order valence-corrected chi connectivity index (χ3v) is 22.3. The lowest BCUT2D eigenvalue weighted by atomic mass is 9.49. The van der Waals surface area contributed by atoms with E-state index in [0.717, 1.165) is 23.7 Å². The first-order valence-electron chi connectivity index (χ1n) is 27.2. The van der Waals surface area contributed by atoms with Crippen LogP contribution >= 0.6 is 0 Å². The fourth-order valence-electron chi connectivity index (χ4n) is 10.8. The topological polar surface area (TPSA) is 0 Å². The second-order valence-electron chi connectivity index (χ2n) is 30.6. The van der Waals surface area contributed by atoms with Gasteiger partial charge in [0, 0.05) is 0 Å². The third-order valence-electron chi connectivity index (χ3n) is 22.3. The highest BCUT2D eigenvalue weighted by Gasteiger charge is 2.51. The Morgan fingerprint density at radius 2 is 0.484 bits per heavy atom. The molecule has 0 nitrogen and oxygen atoms in total. The van der Waals surface area contributed by atoms with Gasteiger partial charge in [-0.15, -0.1) is 0 Å². The van der Waals surface area contributed by atoms with Crippen molar-refractivity contribution in [1.29, 1.82) is 0 Å². The van der Waals surface area contributed by atoms with Crippen molar-refractivity contribution in [2.75, 3.05) is 0 Å². The van der Waals surface area contributed by atoms with Crippen molar-refractivity contribution in [2.24, 2.45) is 88.7 Å². The maximum absolute atomic E-state index is 2.54. The minimum absolute atomic E-state index is 0.381. The molecule has 3 fully saturated rings. The molecule has 0 amide bonds. The smallest absolute Gasteiger partial charge is 0.0223 e. The molecule has 0 heterocycles. The first-order valence-corrected chi connectivity index (χ1v) is 27.2. The average Bonchev–Trinajstić information content (AvgIpc) is 3.04. The summed E-state index contributed by atoms with van der Waals surface area (Å²) in [4.78, 5) is 0. The Labute approximate surface area is 398 Å². The van der Waals surface area contributed by atoms with Gasteiger partial charge in [-0.3, -0.25) is 0 Å². The number of hydrogen-bond donors (Lipinski definition) is 0. The maximum Gasteiger partial charge on any atom is -0.0223 e. The molecule has 0 heteroatoms. The Kier molecular flexibility index (Phi) is 23.6. The molecule has 0 aromatic heterocycles. The van der Waals surface area contributed by atoms with Gasteiger partial charge in [-0.2, -0.15) is 0 Å². The molecule has 0 aromatic carbocycles. The molecule has 0 saturated heterocycles. The molecule has 376 valence electrons. The number of rotatable bonds is 12. The predicted molar refractivity (Wildman–Crippen MR) is 289 cm³/mol. The van der Waals surface area contributed by atoms with Crippen LogP contribution in [0.2, 0.25) is 0 Å². The van der Waals surface area contributed by atoms with Crippen molar-refractivity contribution in [3.63, 3.8) is 0 Å². The summed E-state index contributed by atoms with van der Waals surface area (Å²) in [5.74, 6) is 3.93. The maximum atomic E-state index is 2.54. The van der Waals surface area contributed by atoms with Crippen LogP contribution in [0.15, 0.2) is 0 Å². The van der Waals surface area contributed by atoms with Crippen LogP contribution in [0.5, 0.6) is 0 Å². The van der Waals surface area contributed by atoms with E-state index in [4.69, 9.17) is 0 Å². The van der Waals surface area contributed by atoms with Crippen molar-refractivity contribution in [3.05, 3.63) is 0 Å². The van der Waals surface area contributed by atoms with E-state index in [0.29, 0.717) is 65.0 Å². The van der Waals surface area contributed by atoms with Crippen molar-refractivity contribution in [3.8, 4) is 0 Å². The fourth-order valence-corrected chi connectivity index (χ4v) is 10.8. The molecule has 3 aliphatic rings. The summed E-state index contributed by atoms with van der Waals surface area (Å²) in [7, 11) is 0. The molecular formula is C62H128. The summed E-state index contributed by atoms with van der Waals surface area (Å²) < 4.78 is 0. The van der Waals surface area contributed by atoms with Crippen LogP contribution in [0, 0.1) is 88.7 Å². The van der Waals surface area contributed by atoms with Crippen molar-refractivity contribution >= 4 is 0 Å². The summed E-state index contributed by atoms with van der Waals surface area (Å²) in [5.41, 5.74) is 4.92. The first-order chi connectivity index (χ1) is 27.2. The molecule has 3 rings (SSSR count). The van der Waals surface area contributed by atoms with Gasteiger partial charge < -0.3 is 0 Å². The zero-order valence-corrected chi connectivity index (χ0v) is 50.2. The van der Waals surface area contributed by atoms with Gasteiger partial charge in [0.15, 0.2) is 0 Å². The van der Waals surface area contributed by atoms with Crippen molar-refractivity contribution < 1.29 is 0 Å². The van der Waals surface area contributed by atoms with Crippen LogP contribution < -0.4 is 0 Å². The standard InChI is InChI=1S/2C17H34.2C12H26.C4H8/c2*1-9-16(6,7)17(8,15(3,4)5)12-14-10-13(2)11-14;2*1-9-11(5,6)12(7,8)10(2,3)4;1-2-4-3-1/h2*13-14H,9-12H2,1-8H3;2*9H2,1-8H3;1-4H2. The van der Waals surface area contributed by atoms with Crippen molar-refractivity contribution in [2.45, 2.75) is 311 Å². The van der Waals surface area contributed by atoms with Gasteiger partial charge >= 0.3 is 0 Å². The van der Waals surface area contributed by atoms with Gasteiger partial charge in [-0.1, -0.05) is 273 Å². The SMILES string of the molecule is C1CCC1.CCC(C)(C)C(C)(C)C(C)(C)C.CCC(C)(C)C(C)(C)C(C)(C)C.CCC(C)(C)C(C)(CC1CC(C)C1)C(C)(C)C.CCC(C)(C)C(C)(CC1CC(C)C1)C(C)(C)C. The summed E-state index contributed by atoms with van der Waals surface area (Å²) in [5, 5.41) is 0. The van der Waals surface area contributed by atoms with Crippen LogP contribution in [0.25, 0.3) is 0 Å². The van der Waals surface area contributed by atoms with E-state index in [1.54, 1.807) is 0 Å². The van der Waals surface area contributed by atoms with Gasteiger partial charge in [-0.25, -0.2) is 0 Å². The van der Waals surface area contributed by atoms with Crippen LogP contribution in [0.3, 0.4) is 0 Å². The monoisotopic (exact) mass is 873 g/mol. The summed E-state index contributed by atoms with van der Waals surface area (Å²) in [6, 6.07) is 0. The molecule has 62 heavy (non-hydrogen) atoms. The lowest BCUT2D eigenvalue weighted by Gasteiger charge is -2.56. The molecule has 3 saturated carbocycles. The quantitative estimate of drug-likeness (QED) is 0.183. The van der Waals surface area contributed by atoms with E-state index < -0.39 is 0 Å². The molecule has 2 atom stereocenters. The lowest BCUT2D eigenvalue weighted by Crippen LogP contribution is -2.47. The minimum Gasteiger partial charge on any atom is -0.0649 e. The van der Waals surface area contributed by atoms with E-state index in [9.17, 15) is 0 Å². The minimum atomic E-state index is 0.381. The average molecular weight is 874 g/mol. The Morgan fingerprint density at radius 1 is 0.290 bits per heavy atom. The molecule has 0 N–H and O–H groups in total. The molecule has 0 aromatic rings. The Hall–Kier alpha value is 0. The summed E-state index contributed by atoms with van der Waals surface area (Å²) in [6.07, 6.45) is 19.7. The Morgan fingerprint density at radius 3 is 0.581 bits per heavy atom. The van der Waals surface area contributed by atoms with Gasteiger partial charge in [0.05, 0.1) is 0 Å². The highest BCUT2D eigenvalue weighted by molar-refractivity contribution is 5.01. The largest absolute Gasteiger partial charge is 0.0649 e. The zero-order chi connectivity index (χ0) is 50.2. The van der Waals surface area contributed by atoms with E-state index >= 15 is 0 Å². The lowest BCUT2D eigenvalue weighted by molar-refractivity contribution is -0.0635. The summed E-state index contributed by atoms with van der Waals surface area (Å²) in [6.45, 7) is 76.7. The highest BCUT2D eigenvalue weighted by Crippen LogP contribution is 2.60. The molecule has 2 unspecified atom stereocenters. The van der Waals surface area contributed by atoms with Gasteiger partial charge in [0.1, 0.15) is 0 Å².